The molecule has 0 bridgehead atoms. The predicted molar refractivity (Wildman–Crippen MR) is 105 cm³/mol. The quantitative estimate of drug-likeness (QED) is 0.717. The third-order valence-corrected chi connectivity index (χ3v) is 5.97. The van der Waals surface area contributed by atoms with Crippen LogP contribution >= 0.6 is 0 Å². The van der Waals surface area contributed by atoms with Gasteiger partial charge in [-0.2, -0.15) is 0 Å². The van der Waals surface area contributed by atoms with E-state index in [0.29, 0.717) is 30.7 Å². The molecule has 0 unspecified atom stereocenters. The standard InChI is InChI=1S/C20H31N5O3/c1-27-20-19(21-6-7-22-20)23-10-17-13-25(18(26)14-28-17)12-16-4-8-24(9-5-16)11-15-2-3-15/h6-7,15-17H,2-5,8-14H2,1H3,(H,21,23)/t17-/m0/s1. The molecular weight excluding hydrogens is 358 g/mol. The van der Waals surface area contributed by atoms with Gasteiger partial charge in [0.1, 0.15) is 6.61 Å². The third-order valence-electron chi connectivity index (χ3n) is 5.97. The van der Waals surface area contributed by atoms with Gasteiger partial charge in [-0.1, -0.05) is 0 Å². The number of nitrogens with zero attached hydrogens (tertiary/aromatic N) is 4. The van der Waals surface area contributed by atoms with Crippen LogP contribution in [0.2, 0.25) is 0 Å². The van der Waals surface area contributed by atoms with E-state index < -0.39 is 0 Å². The van der Waals surface area contributed by atoms with Crippen LogP contribution < -0.4 is 10.1 Å². The SMILES string of the molecule is COc1nccnc1NC[C@H]1CN(CC2CCN(CC3CC3)CC2)C(=O)CO1. The first-order valence-electron chi connectivity index (χ1n) is 10.4. The van der Waals surface area contributed by atoms with Gasteiger partial charge in [0.15, 0.2) is 5.82 Å². The van der Waals surface area contributed by atoms with E-state index in [2.05, 4.69) is 20.2 Å². The number of ether oxygens (including phenoxy) is 2. The first kappa shape index (κ1) is 19.4. The lowest BCUT2D eigenvalue weighted by Gasteiger charge is -2.38. The van der Waals surface area contributed by atoms with Crippen LogP contribution in [0.15, 0.2) is 12.4 Å². The van der Waals surface area contributed by atoms with Gasteiger partial charge in [0.05, 0.1) is 13.2 Å². The van der Waals surface area contributed by atoms with Gasteiger partial charge in [0.25, 0.3) is 5.88 Å². The van der Waals surface area contributed by atoms with Gasteiger partial charge < -0.3 is 24.6 Å². The minimum Gasteiger partial charge on any atom is -0.478 e. The second kappa shape index (κ2) is 9.05. The summed E-state index contributed by atoms with van der Waals surface area (Å²) in [5.74, 6) is 2.72. The van der Waals surface area contributed by atoms with E-state index in [0.717, 1.165) is 12.5 Å². The molecule has 0 spiro atoms. The number of hydrogen-bond acceptors (Lipinski definition) is 7. The minimum absolute atomic E-state index is 0.0561. The lowest BCUT2D eigenvalue weighted by atomic mass is 9.95. The summed E-state index contributed by atoms with van der Waals surface area (Å²) >= 11 is 0. The van der Waals surface area contributed by atoms with Crippen LogP contribution in [-0.4, -0.2) is 84.8 Å². The first-order valence-corrected chi connectivity index (χ1v) is 10.4. The number of piperidine rings is 1. The molecule has 0 radical (unpaired) electrons. The second-order valence-corrected chi connectivity index (χ2v) is 8.21. The first-order chi connectivity index (χ1) is 13.7. The third kappa shape index (κ3) is 5.11. The zero-order valence-corrected chi connectivity index (χ0v) is 16.7. The van der Waals surface area contributed by atoms with Gasteiger partial charge in [-0.25, -0.2) is 9.97 Å². The Kier molecular flexibility index (Phi) is 6.26. The molecule has 8 heteroatoms. The molecule has 3 heterocycles. The van der Waals surface area contributed by atoms with E-state index in [4.69, 9.17) is 9.47 Å². The fraction of sp³-hybridized carbons (Fsp3) is 0.750. The Balaban J connectivity index is 1.23. The number of carbonyl (C=O) groups excluding carboxylic acids is 1. The smallest absolute Gasteiger partial charge is 0.257 e. The highest BCUT2D eigenvalue weighted by Gasteiger charge is 2.31. The summed E-state index contributed by atoms with van der Waals surface area (Å²) in [5, 5.41) is 3.23. The summed E-state index contributed by atoms with van der Waals surface area (Å²) in [7, 11) is 1.57. The molecule has 1 N–H and O–H groups in total. The largest absolute Gasteiger partial charge is 0.478 e. The van der Waals surface area contributed by atoms with Gasteiger partial charge >= 0.3 is 0 Å². The highest BCUT2D eigenvalue weighted by atomic mass is 16.5. The van der Waals surface area contributed by atoms with Crippen molar-refractivity contribution in [3.05, 3.63) is 12.4 Å². The topological polar surface area (TPSA) is 79.8 Å². The van der Waals surface area contributed by atoms with E-state index in [1.165, 1.54) is 45.3 Å². The summed E-state index contributed by atoms with van der Waals surface area (Å²) in [6.07, 6.45) is 8.37. The number of likely N-dealkylation sites (tertiary alicyclic amines) is 1. The molecule has 0 aromatic carbocycles. The molecule has 1 amide bonds. The Bertz CT molecular complexity index is 661. The van der Waals surface area contributed by atoms with Crippen molar-refractivity contribution in [3.8, 4) is 5.88 Å². The van der Waals surface area contributed by atoms with Crippen LogP contribution in [0.1, 0.15) is 25.7 Å². The van der Waals surface area contributed by atoms with Gasteiger partial charge in [-0.3, -0.25) is 4.79 Å². The number of rotatable bonds is 8. The second-order valence-electron chi connectivity index (χ2n) is 8.21. The molecule has 28 heavy (non-hydrogen) atoms. The van der Waals surface area contributed by atoms with Crippen LogP contribution in [-0.2, 0) is 9.53 Å². The molecule has 1 aromatic heterocycles. The molecule has 4 rings (SSSR count). The normalized spacial score (nSPS) is 24.4. The number of anilines is 1. The summed E-state index contributed by atoms with van der Waals surface area (Å²) in [6.45, 7) is 5.83. The Labute approximate surface area is 166 Å². The molecule has 8 nitrogen and oxygen atoms in total. The van der Waals surface area contributed by atoms with E-state index in [9.17, 15) is 4.79 Å². The fourth-order valence-electron chi connectivity index (χ4n) is 4.12. The van der Waals surface area contributed by atoms with Crippen LogP contribution in [0.25, 0.3) is 0 Å². The Morgan fingerprint density at radius 1 is 1.14 bits per heavy atom. The number of methoxy groups -OCH3 is 1. The molecule has 154 valence electrons. The molecule has 1 atom stereocenters. The highest BCUT2D eigenvalue weighted by molar-refractivity contribution is 5.78. The van der Waals surface area contributed by atoms with Crippen molar-refractivity contribution >= 4 is 11.7 Å². The van der Waals surface area contributed by atoms with Crippen molar-refractivity contribution in [1.29, 1.82) is 0 Å². The minimum atomic E-state index is -0.0561. The maximum atomic E-state index is 12.3. The van der Waals surface area contributed by atoms with E-state index >= 15 is 0 Å². The Morgan fingerprint density at radius 2 is 1.89 bits per heavy atom. The van der Waals surface area contributed by atoms with Crippen molar-refractivity contribution in [3.63, 3.8) is 0 Å². The molecule has 1 aromatic rings. The maximum absolute atomic E-state index is 12.3. The van der Waals surface area contributed by atoms with Crippen LogP contribution in [0.3, 0.4) is 0 Å². The molecule has 1 saturated carbocycles. The lowest BCUT2D eigenvalue weighted by Crippen LogP contribution is -2.51. The van der Waals surface area contributed by atoms with Crippen LogP contribution in [0.5, 0.6) is 5.88 Å². The van der Waals surface area contributed by atoms with Gasteiger partial charge in [-0.05, 0) is 50.6 Å². The summed E-state index contributed by atoms with van der Waals surface area (Å²) < 4.78 is 10.9. The number of nitrogens with one attached hydrogen (secondary N) is 1. The van der Waals surface area contributed by atoms with Crippen molar-refractivity contribution in [2.24, 2.45) is 11.8 Å². The molecule has 1 aliphatic carbocycles. The zero-order valence-electron chi connectivity index (χ0n) is 16.7. The average molecular weight is 390 g/mol. The molecule has 3 aliphatic rings. The van der Waals surface area contributed by atoms with Crippen molar-refractivity contribution in [2.75, 3.05) is 58.3 Å². The lowest BCUT2D eigenvalue weighted by molar-refractivity contribution is -0.149. The van der Waals surface area contributed by atoms with Gasteiger partial charge in [0.2, 0.25) is 5.91 Å². The maximum Gasteiger partial charge on any atom is 0.257 e. The molecule has 3 fully saturated rings. The van der Waals surface area contributed by atoms with Gasteiger partial charge in [-0.15, -0.1) is 0 Å². The summed E-state index contributed by atoms with van der Waals surface area (Å²) in [5.41, 5.74) is 0. The fourth-order valence-corrected chi connectivity index (χ4v) is 4.12. The Hall–Kier alpha value is -1.93. The summed E-state index contributed by atoms with van der Waals surface area (Å²) in [4.78, 5) is 25.3. The zero-order chi connectivity index (χ0) is 19.3. The van der Waals surface area contributed by atoms with Crippen molar-refractivity contribution in [1.82, 2.24) is 19.8 Å². The highest BCUT2D eigenvalue weighted by Crippen LogP contribution is 2.31. The van der Waals surface area contributed by atoms with Crippen molar-refractivity contribution < 1.29 is 14.3 Å². The molecular formula is C20H31N5O3. The van der Waals surface area contributed by atoms with Crippen molar-refractivity contribution in [2.45, 2.75) is 31.8 Å². The number of carbonyl (C=O) groups is 1. The van der Waals surface area contributed by atoms with E-state index in [1.807, 2.05) is 4.90 Å². The predicted octanol–water partition coefficient (Wildman–Crippen LogP) is 1.25. The van der Waals surface area contributed by atoms with E-state index in [-0.39, 0.29) is 18.6 Å². The monoisotopic (exact) mass is 389 g/mol. The number of aromatic nitrogens is 2. The molecule has 2 saturated heterocycles. The van der Waals surface area contributed by atoms with Gasteiger partial charge in [0, 0.05) is 38.6 Å². The summed E-state index contributed by atoms with van der Waals surface area (Å²) in [6, 6.07) is 0. The van der Waals surface area contributed by atoms with Crippen LogP contribution in [0, 0.1) is 11.8 Å². The Morgan fingerprint density at radius 3 is 2.64 bits per heavy atom. The molecule has 2 aliphatic heterocycles. The van der Waals surface area contributed by atoms with Crippen LogP contribution in [0.4, 0.5) is 5.82 Å². The van der Waals surface area contributed by atoms with E-state index in [1.54, 1.807) is 19.5 Å². The average Bonchev–Trinajstić information content (AvgIpc) is 3.54. The number of hydrogen-bond donors (Lipinski definition) is 1. The number of morpholine rings is 1. The number of amides is 1.